The molecule has 4 heterocycles. The number of hydrogen-bond acceptors (Lipinski definition) is 7. The Morgan fingerprint density at radius 2 is 1.85 bits per heavy atom. The molecule has 7 rings (SSSR count). The Kier molecular flexibility index (Phi) is 5.56. The molecule has 1 saturated carbocycles. The fourth-order valence-electron chi connectivity index (χ4n) is 5.87. The van der Waals surface area contributed by atoms with E-state index in [1.165, 1.54) is 10.7 Å². The number of aromatic nitrogens is 5. The molecule has 2 N–H and O–H groups in total. The van der Waals surface area contributed by atoms with E-state index in [-0.39, 0.29) is 35.8 Å². The van der Waals surface area contributed by atoms with Gasteiger partial charge in [-0.1, -0.05) is 12.1 Å². The van der Waals surface area contributed by atoms with Gasteiger partial charge in [-0.25, -0.2) is 28.4 Å². The molecule has 210 valence electrons. The standard InChI is InChI=1S/C30H29F2N7O2/c1-16-20(15-39(37-16)28-34-7-4-8-35-28)27(40)38-13-21-22(14-38)26(21)41-25-11-19(29(2,3)33)10-24(36-25)17-5-6-23-18(9-17)12-30(23,31)32/h4-11,15,21-22,26H,12-14,33H2,1-3H3/t21-,22+,26?. The second-order valence-corrected chi connectivity index (χ2v) is 11.8. The summed E-state index contributed by atoms with van der Waals surface area (Å²) in [6.07, 6.45) is 4.61. The van der Waals surface area contributed by atoms with Crippen LogP contribution in [0.15, 0.2) is 55.0 Å². The molecule has 3 aromatic heterocycles. The van der Waals surface area contributed by atoms with Crippen LogP contribution in [0.3, 0.4) is 0 Å². The molecule has 1 aliphatic heterocycles. The number of likely N-dealkylation sites (tertiary alicyclic amines) is 1. The number of piperidine rings is 1. The van der Waals surface area contributed by atoms with Crippen molar-refractivity contribution in [3.05, 3.63) is 82.9 Å². The first-order valence-corrected chi connectivity index (χ1v) is 13.6. The van der Waals surface area contributed by atoms with Gasteiger partial charge < -0.3 is 15.4 Å². The van der Waals surface area contributed by atoms with Gasteiger partial charge in [-0.2, -0.15) is 5.10 Å². The van der Waals surface area contributed by atoms with E-state index in [9.17, 15) is 13.6 Å². The zero-order chi connectivity index (χ0) is 28.7. The molecule has 11 heteroatoms. The predicted molar refractivity (Wildman–Crippen MR) is 146 cm³/mol. The molecule has 3 aliphatic rings. The van der Waals surface area contributed by atoms with Crippen molar-refractivity contribution in [3.8, 4) is 23.1 Å². The van der Waals surface area contributed by atoms with Crippen LogP contribution in [-0.4, -0.2) is 54.7 Å². The second kappa shape index (κ2) is 8.87. The number of hydrogen-bond donors (Lipinski definition) is 1. The van der Waals surface area contributed by atoms with Crippen molar-refractivity contribution in [2.24, 2.45) is 17.6 Å². The van der Waals surface area contributed by atoms with E-state index in [2.05, 4.69) is 15.1 Å². The van der Waals surface area contributed by atoms with Gasteiger partial charge >= 0.3 is 0 Å². The average Bonchev–Trinajstić information content (AvgIpc) is 3.25. The van der Waals surface area contributed by atoms with Crippen LogP contribution < -0.4 is 10.5 Å². The summed E-state index contributed by atoms with van der Waals surface area (Å²) in [6, 6.07) is 10.4. The molecule has 0 bridgehead atoms. The largest absolute Gasteiger partial charge is 0.474 e. The van der Waals surface area contributed by atoms with Crippen LogP contribution in [0, 0.1) is 18.8 Å². The molecule has 9 nitrogen and oxygen atoms in total. The fourth-order valence-corrected chi connectivity index (χ4v) is 5.87. The summed E-state index contributed by atoms with van der Waals surface area (Å²) in [5.74, 6) is -1.58. The Hall–Kier alpha value is -4.25. The Bertz CT molecular complexity index is 1670. The van der Waals surface area contributed by atoms with Crippen molar-refractivity contribution < 1.29 is 18.3 Å². The molecule has 1 unspecified atom stereocenters. The van der Waals surface area contributed by atoms with Crippen molar-refractivity contribution in [1.82, 2.24) is 29.6 Å². The number of nitrogens with two attached hydrogens (primary N) is 1. The number of nitrogens with zero attached hydrogens (tertiary/aromatic N) is 6. The minimum Gasteiger partial charge on any atom is -0.474 e. The number of pyridine rings is 1. The van der Waals surface area contributed by atoms with Crippen LogP contribution in [0.2, 0.25) is 0 Å². The molecule has 1 saturated heterocycles. The molecule has 1 amide bonds. The molecule has 0 spiro atoms. The SMILES string of the molecule is Cc1nn(-c2ncccn2)cc1C(=O)N1C[C@@H]2C(Oc3cc(C(C)(C)N)cc(-c4ccc5c(c4)CC5(F)F)n3)[C@@H]2C1. The van der Waals surface area contributed by atoms with Gasteiger partial charge in [-0.15, -0.1) is 0 Å². The maximum atomic E-state index is 13.8. The fraction of sp³-hybridized carbons (Fsp3) is 0.367. The lowest BCUT2D eigenvalue weighted by Crippen LogP contribution is -2.33. The van der Waals surface area contributed by atoms with Crippen molar-refractivity contribution in [2.75, 3.05) is 13.1 Å². The molecule has 2 aliphatic carbocycles. The summed E-state index contributed by atoms with van der Waals surface area (Å²) >= 11 is 0. The number of halogens is 2. The summed E-state index contributed by atoms with van der Waals surface area (Å²) in [7, 11) is 0. The van der Waals surface area contributed by atoms with Crippen LogP contribution in [-0.2, 0) is 17.9 Å². The first-order valence-electron chi connectivity index (χ1n) is 13.6. The second-order valence-electron chi connectivity index (χ2n) is 11.8. The average molecular weight is 558 g/mol. The zero-order valence-corrected chi connectivity index (χ0v) is 22.9. The lowest BCUT2D eigenvalue weighted by Gasteiger charge is -2.30. The molecule has 3 atom stereocenters. The van der Waals surface area contributed by atoms with E-state index in [1.807, 2.05) is 30.9 Å². The van der Waals surface area contributed by atoms with Crippen LogP contribution >= 0.6 is 0 Å². The van der Waals surface area contributed by atoms with E-state index < -0.39 is 11.5 Å². The summed E-state index contributed by atoms with van der Waals surface area (Å²) in [5.41, 5.74) is 9.84. The third-order valence-corrected chi connectivity index (χ3v) is 8.30. The summed E-state index contributed by atoms with van der Waals surface area (Å²) in [6.45, 7) is 6.76. The normalized spacial score (nSPS) is 22.1. The van der Waals surface area contributed by atoms with Crippen LogP contribution in [0.4, 0.5) is 8.78 Å². The molecule has 1 aromatic carbocycles. The number of amides is 1. The Balaban J connectivity index is 1.06. The van der Waals surface area contributed by atoms with Crippen molar-refractivity contribution in [2.45, 2.75) is 44.8 Å². The highest BCUT2D eigenvalue weighted by molar-refractivity contribution is 5.95. The maximum absolute atomic E-state index is 13.8. The van der Waals surface area contributed by atoms with Crippen molar-refractivity contribution >= 4 is 5.91 Å². The number of alkyl halides is 2. The van der Waals surface area contributed by atoms with Gasteiger partial charge in [0, 0.05) is 72.7 Å². The molecular formula is C30H29F2N7O2. The van der Waals surface area contributed by atoms with E-state index in [0.29, 0.717) is 47.4 Å². The Morgan fingerprint density at radius 1 is 1.12 bits per heavy atom. The monoisotopic (exact) mass is 557 g/mol. The van der Waals surface area contributed by atoms with Crippen LogP contribution in [0.5, 0.6) is 5.88 Å². The van der Waals surface area contributed by atoms with Crippen molar-refractivity contribution in [1.29, 1.82) is 0 Å². The van der Waals surface area contributed by atoms with Gasteiger partial charge in [-0.3, -0.25) is 4.79 Å². The number of benzene rings is 1. The highest BCUT2D eigenvalue weighted by Gasteiger charge is 2.59. The Morgan fingerprint density at radius 3 is 2.51 bits per heavy atom. The lowest BCUT2D eigenvalue weighted by molar-refractivity contribution is -0.0287. The molecular weight excluding hydrogens is 528 g/mol. The van der Waals surface area contributed by atoms with Gasteiger partial charge in [0.25, 0.3) is 11.8 Å². The number of fused-ring (bicyclic) bond motifs is 2. The first-order chi connectivity index (χ1) is 19.5. The summed E-state index contributed by atoms with van der Waals surface area (Å²) < 4.78 is 35.5. The third-order valence-electron chi connectivity index (χ3n) is 8.30. The molecule has 0 radical (unpaired) electrons. The smallest absolute Gasteiger partial charge is 0.277 e. The van der Waals surface area contributed by atoms with E-state index in [0.717, 1.165) is 11.1 Å². The molecule has 4 aromatic rings. The number of carbonyl (C=O) groups excluding carboxylic acids is 1. The minimum absolute atomic E-state index is 0.0624. The van der Waals surface area contributed by atoms with Gasteiger partial charge in [0.05, 0.1) is 17.0 Å². The first kappa shape index (κ1) is 25.7. The van der Waals surface area contributed by atoms with E-state index in [1.54, 1.807) is 43.7 Å². The van der Waals surface area contributed by atoms with Crippen molar-refractivity contribution in [3.63, 3.8) is 0 Å². The highest BCUT2D eigenvalue weighted by Crippen LogP contribution is 2.49. The Labute approximate surface area is 235 Å². The van der Waals surface area contributed by atoms with Gasteiger partial charge in [0.15, 0.2) is 0 Å². The van der Waals surface area contributed by atoms with E-state index >= 15 is 0 Å². The highest BCUT2D eigenvalue weighted by atomic mass is 19.3. The van der Waals surface area contributed by atoms with Gasteiger partial charge in [-0.05, 0) is 50.1 Å². The third kappa shape index (κ3) is 4.44. The van der Waals surface area contributed by atoms with Crippen LogP contribution in [0.25, 0.3) is 17.2 Å². The topological polar surface area (TPSA) is 112 Å². The molecule has 2 fully saturated rings. The number of rotatable bonds is 6. The quantitative estimate of drug-likeness (QED) is 0.381. The minimum atomic E-state index is -2.76. The van der Waals surface area contributed by atoms with Gasteiger partial charge in [0.2, 0.25) is 11.8 Å². The number of ether oxygens (including phenoxy) is 1. The molecule has 41 heavy (non-hydrogen) atoms. The van der Waals surface area contributed by atoms with E-state index in [4.69, 9.17) is 15.5 Å². The summed E-state index contributed by atoms with van der Waals surface area (Å²) in [4.78, 5) is 28.3. The summed E-state index contributed by atoms with van der Waals surface area (Å²) in [5, 5.41) is 4.42. The number of aryl methyl sites for hydroxylation is 1. The van der Waals surface area contributed by atoms with Gasteiger partial charge in [0.1, 0.15) is 6.10 Å². The lowest BCUT2D eigenvalue weighted by atomic mass is 9.83. The predicted octanol–water partition coefficient (Wildman–Crippen LogP) is 4.02. The maximum Gasteiger partial charge on any atom is 0.277 e. The number of carbonyl (C=O) groups is 1. The van der Waals surface area contributed by atoms with Crippen LogP contribution in [0.1, 0.15) is 46.6 Å². The zero-order valence-electron chi connectivity index (χ0n) is 22.9.